The molecule has 1 aliphatic heterocycles. The molecule has 2 N–H and O–H groups in total. The fourth-order valence-corrected chi connectivity index (χ4v) is 3.00. The van der Waals surface area contributed by atoms with Gasteiger partial charge in [0.05, 0.1) is 12.5 Å². The molecule has 7 nitrogen and oxygen atoms in total. The minimum absolute atomic E-state index is 0.0650. The molecule has 0 aliphatic carbocycles. The van der Waals surface area contributed by atoms with Crippen molar-refractivity contribution in [3.05, 3.63) is 68.2 Å². The number of likely N-dealkylation sites (N-methyl/N-ethyl adjacent to an activating group) is 1. The van der Waals surface area contributed by atoms with Gasteiger partial charge in [0.2, 0.25) is 5.91 Å². The number of piperazine rings is 1. The fraction of sp³-hybridized carbons (Fsp3) is 0.353. The molecule has 2 heterocycles. The zero-order valence-electron chi connectivity index (χ0n) is 13.5. The standard InChI is InChI=1S/C17H20N4O3/c1-20-7-8-21(11-14(20)12-5-3-2-4-6-12)16(23)10-13-9-15(22)18-19-17(13)24/h2-6,9,14H,7-8,10-11H2,1H3,(H,18,22)(H,19,24)/t14-/m0/s1. The van der Waals surface area contributed by atoms with Gasteiger partial charge in [-0.05, 0) is 12.6 Å². The van der Waals surface area contributed by atoms with Crippen LogP contribution in [0.15, 0.2) is 46.0 Å². The van der Waals surface area contributed by atoms with E-state index in [4.69, 9.17) is 0 Å². The van der Waals surface area contributed by atoms with Crippen LogP contribution in [0.1, 0.15) is 17.2 Å². The average Bonchev–Trinajstić information content (AvgIpc) is 2.59. The van der Waals surface area contributed by atoms with Crippen molar-refractivity contribution >= 4 is 5.91 Å². The summed E-state index contributed by atoms with van der Waals surface area (Å²) < 4.78 is 0. The minimum Gasteiger partial charge on any atom is -0.339 e. The summed E-state index contributed by atoms with van der Waals surface area (Å²) >= 11 is 0. The molecule has 2 aromatic rings. The van der Waals surface area contributed by atoms with Gasteiger partial charge in [0, 0.05) is 31.3 Å². The quantitative estimate of drug-likeness (QED) is 0.838. The van der Waals surface area contributed by atoms with Crippen molar-refractivity contribution in [1.29, 1.82) is 0 Å². The van der Waals surface area contributed by atoms with E-state index in [1.165, 1.54) is 6.07 Å². The van der Waals surface area contributed by atoms with Gasteiger partial charge in [-0.25, -0.2) is 0 Å². The first-order chi connectivity index (χ1) is 11.5. The Bertz CT molecular complexity index is 827. The monoisotopic (exact) mass is 328 g/mol. The average molecular weight is 328 g/mol. The van der Waals surface area contributed by atoms with Crippen molar-refractivity contribution in [1.82, 2.24) is 20.0 Å². The number of benzene rings is 1. The molecule has 1 amide bonds. The van der Waals surface area contributed by atoms with Crippen molar-refractivity contribution in [3.63, 3.8) is 0 Å². The van der Waals surface area contributed by atoms with Crippen LogP contribution in [0.2, 0.25) is 0 Å². The molecule has 0 spiro atoms. The summed E-state index contributed by atoms with van der Waals surface area (Å²) in [7, 11) is 2.04. The maximum atomic E-state index is 12.6. The van der Waals surface area contributed by atoms with E-state index >= 15 is 0 Å². The molecule has 1 aliphatic rings. The topological polar surface area (TPSA) is 89.3 Å². The normalized spacial score (nSPS) is 18.5. The molecule has 1 saturated heterocycles. The van der Waals surface area contributed by atoms with Crippen molar-refractivity contribution in [2.75, 3.05) is 26.7 Å². The summed E-state index contributed by atoms with van der Waals surface area (Å²) in [6.45, 7) is 1.94. The second-order valence-corrected chi connectivity index (χ2v) is 6.04. The Labute approximate surface area is 138 Å². The highest BCUT2D eigenvalue weighted by Crippen LogP contribution is 2.24. The van der Waals surface area contributed by atoms with Gasteiger partial charge >= 0.3 is 0 Å². The lowest BCUT2D eigenvalue weighted by Gasteiger charge is -2.39. The highest BCUT2D eigenvalue weighted by molar-refractivity contribution is 5.78. The van der Waals surface area contributed by atoms with Crippen LogP contribution >= 0.6 is 0 Å². The summed E-state index contributed by atoms with van der Waals surface area (Å²) in [5.74, 6) is -0.139. The fourth-order valence-electron chi connectivity index (χ4n) is 3.00. The molecule has 1 atom stereocenters. The maximum absolute atomic E-state index is 12.6. The minimum atomic E-state index is -0.434. The molecule has 24 heavy (non-hydrogen) atoms. The lowest BCUT2D eigenvalue weighted by molar-refractivity contribution is -0.133. The zero-order chi connectivity index (χ0) is 17.1. The van der Waals surface area contributed by atoms with E-state index in [2.05, 4.69) is 27.2 Å². The van der Waals surface area contributed by atoms with Crippen LogP contribution < -0.4 is 11.1 Å². The van der Waals surface area contributed by atoms with E-state index in [-0.39, 0.29) is 23.9 Å². The predicted octanol–water partition coefficient (Wildman–Crippen LogP) is 0.121. The number of amides is 1. The second kappa shape index (κ2) is 6.84. The van der Waals surface area contributed by atoms with Crippen LogP contribution in [0.5, 0.6) is 0 Å². The van der Waals surface area contributed by atoms with Gasteiger partial charge in [-0.3, -0.25) is 29.5 Å². The molecule has 0 unspecified atom stereocenters. The van der Waals surface area contributed by atoms with E-state index in [0.29, 0.717) is 13.1 Å². The third-order valence-corrected chi connectivity index (χ3v) is 4.42. The van der Waals surface area contributed by atoms with Gasteiger partial charge in [0.1, 0.15) is 0 Å². The summed E-state index contributed by atoms with van der Waals surface area (Å²) in [5, 5.41) is 4.45. The van der Waals surface area contributed by atoms with Crippen molar-refractivity contribution in [3.8, 4) is 0 Å². The molecule has 7 heteroatoms. The van der Waals surface area contributed by atoms with Crippen LogP contribution in [0.25, 0.3) is 0 Å². The highest BCUT2D eigenvalue weighted by atomic mass is 16.2. The Morgan fingerprint density at radius 2 is 1.92 bits per heavy atom. The Kier molecular flexibility index (Phi) is 4.61. The zero-order valence-corrected chi connectivity index (χ0v) is 13.5. The Morgan fingerprint density at radius 3 is 2.67 bits per heavy atom. The number of aromatic amines is 2. The third-order valence-electron chi connectivity index (χ3n) is 4.42. The molecule has 0 saturated carbocycles. The van der Waals surface area contributed by atoms with Gasteiger partial charge in [0.15, 0.2) is 0 Å². The van der Waals surface area contributed by atoms with Gasteiger partial charge < -0.3 is 4.90 Å². The number of carbonyl (C=O) groups excluding carboxylic acids is 1. The van der Waals surface area contributed by atoms with E-state index < -0.39 is 11.1 Å². The van der Waals surface area contributed by atoms with Gasteiger partial charge in [-0.1, -0.05) is 30.3 Å². The van der Waals surface area contributed by atoms with Crippen LogP contribution in [0.4, 0.5) is 0 Å². The third kappa shape index (κ3) is 3.46. The smallest absolute Gasteiger partial charge is 0.266 e. The van der Waals surface area contributed by atoms with E-state index in [9.17, 15) is 14.4 Å². The highest BCUT2D eigenvalue weighted by Gasteiger charge is 2.28. The first-order valence-electron chi connectivity index (χ1n) is 7.88. The Balaban J connectivity index is 1.75. The predicted molar refractivity (Wildman–Crippen MR) is 89.8 cm³/mol. The van der Waals surface area contributed by atoms with Gasteiger partial charge in [0.25, 0.3) is 11.1 Å². The first kappa shape index (κ1) is 16.2. The van der Waals surface area contributed by atoms with Crippen LogP contribution in [0, 0.1) is 0 Å². The number of aromatic nitrogens is 2. The number of hydrogen-bond acceptors (Lipinski definition) is 4. The van der Waals surface area contributed by atoms with E-state index in [1.807, 2.05) is 25.2 Å². The number of carbonyl (C=O) groups is 1. The van der Waals surface area contributed by atoms with Crippen molar-refractivity contribution in [2.24, 2.45) is 0 Å². The molecule has 0 bridgehead atoms. The number of hydrogen-bond donors (Lipinski definition) is 2. The maximum Gasteiger partial charge on any atom is 0.266 e. The molecular formula is C17H20N4O3. The lowest BCUT2D eigenvalue weighted by Crippen LogP contribution is -2.49. The molecule has 0 radical (unpaired) electrons. The molecule has 1 aromatic heterocycles. The van der Waals surface area contributed by atoms with E-state index in [1.54, 1.807) is 4.90 Å². The summed E-state index contributed by atoms with van der Waals surface area (Å²) in [5.41, 5.74) is 0.500. The van der Waals surface area contributed by atoms with Crippen LogP contribution in [0.3, 0.4) is 0 Å². The summed E-state index contributed by atoms with van der Waals surface area (Å²) in [6, 6.07) is 11.4. The van der Waals surface area contributed by atoms with Crippen LogP contribution in [-0.2, 0) is 11.2 Å². The second-order valence-electron chi connectivity index (χ2n) is 6.04. The molecule has 3 rings (SSSR count). The lowest BCUT2D eigenvalue weighted by atomic mass is 10.0. The summed E-state index contributed by atoms with van der Waals surface area (Å²) in [4.78, 5) is 39.6. The Morgan fingerprint density at radius 1 is 1.17 bits per heavy atom. The van der Waals surface area contributed by atoms with E-state index in [0.717, 1.165) is 12.1 Å². The molecule has 126 valence electrons. The van der Waals surface area contributed by atoms with Crippen LogP contribution in [-0.4, -0.2) is 52.6 Å². The molecule has 1 aromatic carbocycles. The SMILES string of the molecule is CN1CCN(C(=O)Cc2cc(=O)[nH][nH]c2=O)C[C@H]1c1ccccc1. The number of rotatable bonds is 3. The molecule has 1 fully saturated rings. The number of nitrogens with one attached hydrogen (secondary N) is 2. The molecular weight excluding hydrogens is 308 g/mol. The summed E-state index contributed by atoms with van der Waals surface area (Å²) in [6.07, 6.45) is -0.0650. The van der Waals surface area contributed by atoms with Crippen molar-refractivity contribution < 1.29 is 4.79 Å². The van der Waals surface area contributed by atoms with Crippen molar-refractivity contribution in [2.45, 2.75) is 12.5 Å². The van der Waals surface area contributed by atoms with Gasteiger partial charge in [-0.2, -0.15) is 0 Å². The first-order valence-corrected chi connectivity index (χ1v) is 7.88. The van der Waals surface area contributed by atoms with Gasteiger partial charge in [-0.15, -0.1) is 0 Å². The number of H-pyrrole nitrogens is 2. The largest absolute Gasteiger partial charge is 0.339 e. The number of nitrogens with zero attached hydrogens (tertiary/aromatic N) is 2. The Hall–Kier alpha value is -2.67.